The number of carbonyl (C=O) groups is 1. The molecular formula is C23H23N5O. The number of hydrogen-bond donors (Lipinski definition) is 1. The first-order valence-corrected chi connectivity index (χ1v) is 9.52. The molecule has 0 aliphatic carbocycles. The highest BCUT2D eigenvalue weighted by Crippen LogP contribution is 2.14. The van der Waals surface area contributed by atoms with Crippen molar-refractivity contribution in [3.63, 3.8) is 0 Å². The van der Waals surface area contributed by atoms with Crippen LogP contribution in [0.5, 0.6) is 0 Å². The van der Waals surface area contributed by atoms with Crippen LogP contribution < -0.4 is 10.2 Å². The van der Waals surface area contributed by atoms with Gasteiger partial charge in [-0.25, -0.2) is 4.68 Å². The van der Waals surface area contributed by atoms with Crippen LogP contribution in [0.4, 0.5) is 5.69 Å². The van der Waals surface area contributed by atoms with E-state index in [9.17, 15) is 4.79 Å². The van der Waals surface area contributed by atoms with Crippen LogP contribution in [0, 0.1) is 0 Å². The molecule has 1 aromatic heterocycles. The van der Waals surface area contributed by atoms with Crippen LogP contribution in [0.15, 0.2) is 72.8 Å². The summed E-state index contributed by atoms with van der Waals surface area (Å²) in [7, 11) is 4.01. The number of para-hydroxylation sites is 1. The van der Waals surface area contributed by atoms with Crippen LogP contribution in [0.3, 0.4) is 0 Å². The number of fused-ring (bicyclic) bond motifs is 1. The molecule has 0 atom stereocenters. The maximum atomic E-state index is 12.4. The molecular weight excluding hydrogens is 362 g/mol. The molecule has 0 saturated carbocycles. The predicted molar refractivity (Wildman–Crippen MR) is 115 cm³/mol. The maximum absolute atomic E-state index is 12.4. The molecule has 1 amide bonds. The third-order valence-corrected chi connectivity index (χ3v) is 4.87. The van der Waals surface area contributed by atoms with Crippen molar-refractivity contribution in [2.24, 2.45) is 0 Å². The Morgan fingerprint density at radius 2 is 1.62 bits per heavy atom. The van der Waals surface area contributed by atoms with Crippen molar-refractivity contribution in [2.75, 3.05) is 19.0 Å². The summed E-state index contributed by atoms with van der Waals surface area (Å²) in [5.41, 5.74) is 5.78. The second kappa shape index (κ2) is 8.14. The van der Waals surface area contributed by atoms with Crippen LogP contribution in [0.1, 0.15) is 21.5 Å². The van der Waals surface area contributed by atoms with Gasteiger partial charge in [-0.2, -0.15) is 0 Å². The molecule has 0 bridgehead atoms. The van der Waals surface area contributed by atoms with Crippen molar-refractivity contribution >= 4 is 22.6 Å². The molecule has 4 rings (SSSR count). The smallest absolute Gasteiger partial charge is 0.251 e. The van der Waals surface area contributed by atoms with Crippen LogP contribution in [0.25, 0.3) is 11.0 Å². The van der Waals surface area contributed by atoms with Crippen molar-refractivity contribution < 1.29 is 4.79 Å². The number of anilines is 1. The van der Waals surface area contributed by atoms with E-state index in [1.807, 2.05) is 96.5 Å². The van der Waals surface area contributed by atoms with Gasteiger partial charge in [0.15, 0.2) is 0 Å². The summed E-state index contributed by atoms with van der Waals surface area (Å²) in [6.45, 7) is 1.11. The number of aromatic nitrogens is 3. The van der Waals surface area contributed by atoms with E-state index in [1.165, 1.54) is 0 Å². The van der Waals surface area contributed by atoms with Gasteiger partial charge >= 0.3 is 0 Å². The lowest BCUT2D eigenvalue weighted by atomic mass is 10.1. The Morgan fingerprint density at radius 1 is 0.931 bits per heavy atom. The lowest BCUT2D eigenvalue weighted by molar-refractivity contribution is 0.0951. The van der Waals surface area contributed by atoms with Gasteiger partial charge in [-0.3, -0.25) is 4.79 Å². The number of amides is 1. The summed E-state index contributed by atoms with van der Waals surface area (Å²) in [5.74, 6) is -0.0839. The SMILES string of the molecule is CN(C)c1ccc(CNC(=O)c2ccc(Cn3nnc4ccccc43)cc2)cc1. The molecule has 0 unspecified atom stereocenters. The van der Waals surface area contributed by atoms with Crippen LogP contribution in [-0.4, -0.2) is 35.0 Å². The normalized spacial score (nSPS) is 10.8. The Bertz CT molecular complexity index is 1110. The van der Waals surface area contributed by atoms with Gasteiger partial charge in [-0.1, -0.05) is 41.6 Å². The fraction of sp³-hybridized carbons (Fsp3) is 0.174. The Labute approximate surface area is 169 Å². The number of nitrogens with one attached hydrogen (secondary N) is 1. The predicted octanol–water partition coefficient (Wildman–Crippen LogP) is 3.48. The topological polar surface area (TPSA) is 63.1 Å². The summed E-state index contributed by atoms with van der Waals surface area (Å²) in [4.78, 5) is 14.5. The third-order valence-electron chi connectivity index (χ3n) is 4.87. The standard InChI is InChI=1S/C23H23N5O/c1-27(2)20-13-9-17(10-14-20)15-24-23(29)19-11-7-18(8-12-19)16-28-22-6-4-3-5-21(22)25-26-28/h3-14H,15-16H2,1-2H3,(H,24,29). The van der Waals surface area contributed by atoms with E-state index in [0.717, 1.165) is 27.8 Å². The van der Waals surface area contributed by atoms with Gasteiger partial charge in [0.25, 0.3) is 5.91 Å². The Morgan fingerprint density at radius 3 is 2.34 bits per heavy atom. The van der Waals surface area contributed by atoms with Gasteiger partial charge < -0.3 is 10.2 Å². The zero-order valence-electron chi connectivity index (χ0n) is 16.5. The molecule has 1 N–H and O–H groups in total. The molecule has 0 aliphatic heterocycles. The summed E-state index contributed by atoms with van der Waals surface area (Å²) < 4.78 is 1.86. The van der Waals surface area contributed by atoms with Crippen LogP contribution >= 0.6 is 0 Å². The molecule has 0 radical (unpaired) electrons. The highest BCUT2D eigenvalue weighted by Gasteiger charge is 2.08. The average Bonchev–Trinajstić information content (AvgIpc) is 3.16. The Balaban J connectivity index is 1.37. The first kappa shape index (κ1) is 18.7. The second-order valence-corrected chi connectivity index (χ2v) is 7.18. The van der Waals surface area contributed by atoms with Crippen LogP contribution in [-0.2, 0) is 13.1 Å². The van der Waals surface area contributed by atoms with Crippen LogP contribution in [0.2, 0.25) is 0 Å². The third kappa shape index (κ3) is 4.27. The molecule has 0 saturated heterocycles. The molecule has 3 aromatic carbocycles. The number of benzene rings is 3. The van der Waals surface area contributed by atoms with E-state index in [4.69, 9.17) is 0 Å². The van der Waals surface area contributed by atoms with Crippen molar-refractivity contribution in [3.8, 4) is 0 Å². The zero-order chi connectivity index (χ0) is 20.2. The quantitative estimate of drug-likeness (QED) is 0.552. The highest BCUT2D eigenvalue weighted by atomic mass is 16.1. The fourth-order valence-corrected chi connectivity index (χ4v) is 3.16. The van der Waals surface area contributed by atoms with Gasteiger partial charge in [0, 0.05) is 31.9 Å². The van der Waals surface area contributed by atoms with Gasteiger partial charge in [0.1, 0.15) is 5.52 Å². The van der Waals surface area contributed by atoms with E-state index >= 15 is 0 Å². The maximum Gasteiger partial charge on any atom is 0.251 e. The second-order valence-electron chi connectivity index (χ2n) is 7.18. The summed E-state index contributed by atoms with van der Waals surface area (Å²) in [6.07, 6.45) is 0. The van der Waals surface area contributed by atoms with Gasteiger partial charge in [0.05, 0.1) is 12.1 Å². The average molecular weight is 385 g/mol. The van der Waals surface area contributed by atoms with Crippen molar-refractivity contribution in [1.82, 2.24) is 20.3 Å². The van der Waals surface area contributed by atoms with Gasteiger partial charge in [-0.15, -0.1) is 5.10 Å². The molecule has 4 aromatic rings. The van der Waals surface area contributed by atoms with E-state index < -0.39 is 0 Å². The highest BCUT2D eigenvalue weighted by molar-refractivity contribution is 5.94. The van der Waals surface area contributed by atoms with E-state index in [0.29, 0.717) is 18.7 Å². The first-order valence-electron chi connectivity index (χ1n) is 9.52. The minimum absolute atomic E-state index is 0.0839. The molecule has 0 fully saturated rings. The summed E-state index contributed by atoms with van der Waals surface area (Å²) in [6, 6.07) is 23.6. The molecule has 1 heterocycles. The van der Waals surface area contributed by atoms with Gasteiger partial charge in [-0.05, 0) is 47.5 Å². The molecule has 6 heteroatoms. The molecule has 6 nitrogen and oxygen atoms in total. The van der Waals surface area contributed by atoms with Crippen molar-refractivity contribution in [3.05, 3.63) is 89.5 Å². The zero-order valence-corrected chi connectivity index (χ0v) is 16.5. The fourth-order valence-electron chi connectivity index (χ4n) is 3.16. The molecule has 146 valence electrons. The number of hydrogen-bond acceptors (Lipinski definition) is 4. The van der Waals surface area contributed by atoms with Gasteiger partial charge in [0.2, 0.25) is 0 Å². The lowest BCUT2D eigenvalue weighted by Crippen LogP contribution is -2.22. The van der Waals surface area contributed by atoms with E-state index in [2.05, 4.69) is 15.6 Å². The van der Waals surface area contributed by atoms with Crippen molar-refractivity contribution in [1.29, 1.82) is 0 Å². The Hall–Kier alpha value is -3.67. The molecule has 0 aliphatic rings. The monoisotopic (exact) mass is 385 g/mol. The first-order chi connectivity index (χ1) is 14.1. The summed E-state index contributed by atoms with van der Waals surface area (Å²) in [5, 5.41) is 11.4. The number of carbonyl (C=O) groups excluding carboxylic acids is 1. The minimum Gasteiger partial charge on any atom is -0.378 e. The van der Waals surface area contributed by atoms with E-state index in [1.54, 1.807) is 0 Å². The summed E-state index contributed by atoms with van der Waals surface area (Å²) >= 11 is 0. The number of nitrogens with zero attached hydrogens (tertiary/aromatic N) is 4. The number of rotatable bonds is 6. The lowest BCUT2D eigenvalue weighted by Gasteiger charge is -2.13. The van der Waals surface area contributed by atoms with Crippen molar-refractivity contribution in [2.45, 2.75) is 13.1 Å². The molecule has 0 spiro atoms. The Kier molecular flexibility index (Phi) is 5.24. The largest absolute Gasteiger partial charge is 0.378 e. The van der Waals surface area contributed by atoms with E-state index in [-0.39, 0.29) is 5.91 Å². The molecule has 29 heavy (non-hydrogen) atoms. The minimum atomic E-state index is -0.0839.